The van der Waals surface area contributed by atoms with Crippen molar-refractivity contribution in [2.75, 3.05) is 20.2 Å². The van der Waals surface area contributed by atoms with E-state index < -0.39 is 0 Å². The second-order valence-corrected chi connectivity index (χ2v) is 6.20. The lowest BCUT2D eigenvalue weighted by molar-refractivity contribution is 0.268. The number of hydrogen-bond donors (Lipinski definition) is 0. The molecule has 0 saturated heterocycles. The van der Waals surface area contributed by atoms with Crippen LogP contribution in [0.1, 0.15) is 11.4 Å². The first-order valence-corrected chi connectivity index (χ1v) is 8.51. The Hall–Kier alpha value is -2.73. The number of methoxy groups -OCH3 is 1. The molecule has 4 rings (SSSR count). The first kappa shape index (κ1) is 15.8. The average Bonchev–Trinajstić information content (AvgIpc) is 2.99. The van der Waals surface area contributed by atoms with E-state index in [-0.39, 0.29) is 0 Å². The Morgan fingerprint density at radius 2 is 1.96 bits per heavy atom. The van der Waals surface area contributed by atoms with Crippen LogP contribution < -0.4 is 4.74 Å². The molecule has 0 radical (unpaired) electrons. The van der Waals surface area contributed by atoms with Crippen LogP contribution in [0.5, 0.6) is 5.75 Å². The summed E-state index contributed by atoms with van der Waals surface area (Å²) in [6.45, 7) is 3.62. The number of nitrogens with zero attached hydrogens (tertiary/aromatic N) is 5. The first-order chi connectivity index (χ1) is 12.3. The van der Waals surface area contributed by atoms with Crippen LogP contribution in [0.15, 0.2) is 48.8 Å². The van der Waals surface area contributed by atoms with Crippen molar-refractivity contribution in [1.29, 1.82) is 0 Å². The Labute approximate surface area is 147 Å². The number of aromatic nitrogens is 4. The van der Waals surface area contributed by atoms with Gasteiger partial charge in [0, 0.05) is 37.8 Å². The van der Waals surface area contributed by atoms with Gasteiger partial charge >= 0.3 is 0 Å². The molecule has 25 heavy (non-hydrogen) atoms. The van der Waals surface area contributed by atoms with Crippen molar-refractivity contribution in [2.45, 2.75) is 19.5 Å². The fourth-order valence-electron chi connectivity index (χ4n) is 3.13. The summed E-state index contributed by atoms with van der Waals surface area (Å²) in [6.07, 6.45) is 4.53. The Balaban J connectivity index is 1.45. The normalized spacial score (nSPS) is 14.8. The number of hydrogen-bond acceptors (Lipinski definition) is 5. The van der Waals surface area contributed by atoms with Gasteiger partial charge in [0.25, 0.3) is 0 Å². The summed E-state index contributed by atoms with van der Waals surface area (Å²) in [6, 6.07) is 12.2. The van der Waals surface area contributed by atoms with Crippen molar-refractivity contribution >= 4 is 0 Å². The van der Waals surface area contributed by atoms with E-state index in [4.69, 9.17) is 14.8 Å². The molecule has 2 aromatic heterocycles. The summed E-state index contributed by atoms with van der Waals surface area (Å²) in [4.78, 5) is 11.4. The zero-order chi connectivity index (χ0) is 17.1. The minimum absolute atomic E-state index is 0.800. The van der Waals surface area contributed by atoms with Crippen LogP contribution in [0.2, 0.25) is 0 Å². The molecule has 1 aromatic carbocycles. The minimum atomic E-state index is 0.800. The van der Waals surface area contributed by atoms with Gasteiger partial charge in [0.1, 0.15) is 11.6 Å². The van der Waals surface area contributed by atoms with E-state index in [1.807, 2.05) is 35.1 Å². The molecule has 6 heteroatoms. The first-order valence-electron chi connectivity index (χ1n) is 8.51. The summed E-state index contributed by atoms with van der Waals surface area (Å²) in [5, 5.41) is 4.70. The number of benzene rings is 1. The quantitative estimate of drug-likeness (QED) is 0.733. The van der Waals surface area contributed by atoms with Gasteiger partial charge in [-0.3, -0.25) is 9.88 Å². The summed E-state index contributed by atoms with van der Waals surface area (Å²) in [5.41, 5.74) is 2.24. The van der Waals surface area contributed by atoms with Crippen LogP contribution in [0, 0.1) is 0 Å². The van der Waals surface area contributed by atoms with Crippen molar-refractivity contribution in [1.82, 2.24) is 24.6 Å². The SMILES string of the molecule is COc1cncc(CN2CCc3nc(-c4ccccc4)nn3CC2)c1. The number of fused-ring (bicyclic) bond motifs is 1. The molecule has 0 saturated carbocycles. The van der Waals surface area contributed by atoms with E-state index >= 15 is 0 Å². The van der Waals surface area contributed by atoms with Crippen LogP contribution in [0.3, 0.4) is 0 Å². The number of pyridine rings is 1. The van der Waals surface area contributed by atoms with Gasteiger partial charge in [-0.15, -0.1) is 0 Å². The third-order valence-electron chi connectivity index (χ3n) is 4.47. The zero-order valence-electron chi connectivity index (χ0n) is 14.3. The van der Waals surface area contributed by atoms with Crippen LogP contribution >= 0.6 is 0 Å². The average molecular weight is 335 g/mol. The predicted molar refractivity (Wildman–Crippen MR) is 95.2 cm³/mol. The molecule has 0 N–H and O–H groups in total. The van der Waals surface area contributed by atoms with Crippen molar-refractivity contribution in [3.63, 3.8) is 0 Å². The highest BCUT2D eigenvalue weighted by atomic mass is 16.5. The lowest BCUT2D eigenvalue weighted by atomic mass is 10.2. The Morgan fingerprint density at radius 3 is 2.80 bits per heavy atom. The maximum absolute atomic E-state index is 5.26. The van der Waals surface area contributed by atoms with Gasteiger partial charge in [0.05, 0.1) is 19.9 Å². The Kier molecular flexibility index (Phi) is 4.43. The predicted octanol–water partition coefficient (Wildman–Crippen LogP) is 2.41. The summed E-state index contributed by atoms with van der Waals surface area (Å²) < 4.78 is 7.30. The highest BCUT2D eigenvalue weighted by Gasteiger charge is 2.18. The molecule has 0 unspecified atom stereocenters. The van der Waals surface area contributed by atoms with Gasteiger partial charge in [-0.05, 0) is 11.6 Å². The van der Waals surface area contributed by atoms with Gasteiger partial charge in [0.2, 0.25) is 0 Å². The largest absolute Gasteiger partial charge is 0.495 e. The molecule has 0 fully saturated rings. The van der Waals surface area contributed by atoms with Gasteiger partial charge in [0.15, 0.2) is 5.82 Å². The summed E-state index contributed by atoms with van der Waals surface area (Å²) in [5.74, 6) is 2.68. The standard InChI is InChI=1S/C19H21N5O/c1-25-17-11-15(12-20-13-17)14-23-8-7-18-21-19(22-24(18)10-9-23)16-5-3-2-4-6-16/h2-6,11-13H,7-10,14H2,1H3. The van der Waals surface area contributed by atoms with Crippen LogP contribution in [-0.2, 0) is 19.5 Å². The fourth-order valence-corrected chi connectivity index (χ4v) is 3.13. The van der Waals surface area contributed by atoms with E-state index in [1.165, 1.54) is 0 Å². The minimum Gasteiger partial charge on any atom is -0.495 e. The maximum atomic E-state index is 5.26. The van der Waals surface area contributed by atoms with Crippen molar-refractivity contribution in [2.24, 2.45) is 0 Å². The molecule has 0 bridgehead atoms. The lowest BCUT2D eigenvalue weighted by Gasteiger charge is -2.19. The van der Waals surface area contributed by atoms with Gasteiger partial charge in [-0.25, -0.2) is 9.67 Å². The molecule has 0 spiro atoms. The van der Waals surface area contributed by atoms with Gasteiger partial charge < -0.3 is 4.74 Å². The van der Waals surface area contributed by atoms with Gasteiger partial charge in [-0.1, -0.05) is 30.3 Å². The Morgan fingerprint density at radius 1 is 1.08 bits per heavy atom. The molecule has 0 amide bonds. The van der Waals surface area contributed by atoms with Crippen molar-refractivity contribution in [3.8, 4) is 17.1 Å². The molecule has 3 heterocycles. The third-order valence-corrected chi connectivity index (χ3v) is 4.47. The fraction of sp³-hybridized carbons (Fsp3) is 0.316. The van der Waals surface area contributed by atoms with Crippen LogP contribution in [0.25, 0.3) is 11.4 Å². The van der Waals surface area contributed by atoms with E-state index in [2.05, 4.69) is 22.0 Å². The molecule has 0 atom stereocenters. The molecule has 3 aromatic rings. The highest BCUT2D eigenvalue weighted by molar-refractivity contribution is 5.54. The summed E-state index contributed by atoms with van der Waals surface area (Å²) in [7, 11) is 1.67. The molecule has 128 valence electrons. The zero-order valence-corrected chi connectivity index (χ0v) is 14.3. The monoisotopic (exact) mass is 335 g/mol. The Bertz CT molecular complexity index is 821. The lowest BCUT2D eigenvalue weighted by Crippen LogP contribution is -2.26. The van der Waals surface area contributed by atoms with Gasteiger partial charge in [-0.2, -0.15) is 5.10 Å². The van der Waals surface area contributed by atoms with Crippen LogP contribution in [0.4, 0.5) is 0 Å². The second kappa shape index (κ2) is 7.03. The second-order valence-electron chi connectivity index (χ2n) is 6.20. The van der Waals surface area contributed by atoms with E-state index in [0.29, 0.717) is 0 Å². The topological polar surface area (TPSA) is 56.1 Å². The van der Waals surface area contributed by atoms with Crippen molar-refractivity contribution < 1.29 is 4.74 Å². The van der Waals surface area contributed by atoms with E-state index in [1.54, 1.807) is 13.3 Å². The molecule has 1 aliphatic heterocycles. The highest BCUT2D eigenvalue weighted by Crippen LogP contribution is 2.18. The van der Waals surface area contributed by atoms with E-state index in [9.17, 15) is 0 Å². The molecule has 0 aliphatic carbocycles. The smallest absolute Gasteiger partial charge is 0.181 e. The van der Waals surface area contributed by atoms with Crippen LogP contribution in [-0.4, -0.2) is 44.8 Å². The van der Waals surface area contributed by atoms with Crippen molar-refractivity contribution in [3.05, 3.63) is 60.2 Å². The molecule has 1 aliphatic rings. The number of ether oxygens (including phenoxy) is 1. The third kappa shape index (κ3) is 3.53. The van der Waals surface area contributed by atoms with E-state index in [0.717, 1.165) is 61.1 Å². The molecular formula is C19H21N5O. The summed E-state index contributed by atoms with van der Waals surface area (Å²) >= 11 is 0. The molecule has 6 nitrogen and oxygen atoms in total. The molecular weight excluding hydrogens is 314 g/mol. The maximum Gasteiger partial charge on any atom is 0.181 e. The number of rotatable bonds is 4.